The van der Waals surface area contributed by atoms with Gasteiger partial charge in [0.25, 0.3) is 5.91 Å². The minimum absolute atomic E-state index is 0.0603. The highest BCUT2D eigenvalue weighted by molar-refractivity contribution is 6.03. The number of hydrogen-bond acceptors (Lipinski definition) is 4. The Morgan fingerprint density at radius 3 is 2.54 bits per heavy atom. The van der Waals surface area contributed by atoms with Crippen molar-refractivity contribution in [2.24, 2.45) is 5.10 Å². The zero-order valence-electron chi connectivity index (χ0n) is 16.1. The minimum atomic E-state index is -0.219. The van der Waals surface area contributed by atoms with Gasteiger partial charge in [0.2, 0.25) is 0 Å². The molecule has 1 aliphatic rings. The predicted octanol–water partition coefficient (Wildman–Crippen LogP) is 4.40. The van der Waals surface area contributed by atoms with Gasteiger partial charge in [0, 0.05) is 19.2 Å². The topological polar surface area (TPSA) is 49.1 Å². The average molecular weight is 373 g/mol. The molecule has 0 spiro atoms. The Kier molecular flexibility index (Phi) is 4.98. The van der Waals surface area contributed by atoms with Crippen LogP contribution >= 0.6 is 0 Å². The van der Waals surface area contributed by atoms with E-state index in [0.29, 0.717) is 6.42 Å². The van der Waals surface area contributed by atoms with Crippen molar-refractivity contribution in [3.05, 3.63) is 89.9 Å². The SMILES string of the molecule is Cc1ccc(C2=NN(C(=O)CN(C)c3ccccc3)C(c3ccco3)C2)cc1. The molecule has 0 bridgehead atoms. The molecule has 0 saturated heterocycles. The molecule has 1 unspecified atom stereocenters. The smallest absolute Gasteiger partial charge is 0.262 e. The molecule has 0 fully saturated rings. The average Bonchev–Trinajstić information content (AvgIpc) is 3.39. The molecule has 0 radical (unpaired) electrons. The lowest BCUT2D eigenvalue weighted by Gasteiger charge is -2.24. The summed E-state index contributed by atoms with van der Waals surface area (Å²) < 4.78 is 5.61. The number of carbonyl (C=O) groups is 1. The van der Waals surface area contributed by atoms with Crippen LogP contribution in [0.3, 0.4) is 0 Å². The maximum Gasteiger partial charge on any atom is 0.262 e. The Labute approximate surface area is 164 Å². The van der Waals surface area contributed by atoms with E-state index in [1.165, 1.54) is 5.56 Å². The van der Waals surface area contributed by atoms with Crippen molar-refractivity contribution >= 4 is 17.3 Å². The Hall–Kier alpha value is -3.34. The van der Waals surface area contributed by atoms with Gasteiger partial charge in [0.15, 0.2) is 0 Å². The molecule has 0 saturated carbocycles. The summed E-state index contributed by atoms with van der Waals surface area (Å²) in [7, 11) is 1.91. The second-order valence-corrected chi connectivity index (χ2v) is 7.08. The Morgan fingerprint density at radius 2 is 1.86 bits per heavy atom. The Bertz CT molecular complexity index is 963. The van der Waals surface area contributed by atoms with E-state index >= 15 is 0 Å². The highest BCUT2D eigenvalue weighted by Gasteiger charge is 2.35. The van der Waals surface area contributed by atoms with Crippen LogP contribution in [-0.2, 0) is 4.79 Å². The zero-order chi connectivity index (χ0) is 19.5. The fourth-order valence-electron chi connectivity index (χ4n) is 3.41. The second-order valence-electron chi connectivity index (χ2n) is 7.08. The molecule has 3 aromatic rings. The van der Waals surface area contributed by atoms with Crippen LogP contribution in [0.4, 0.5) is 5.69 Å². The van der Waals surface area contributed by atoms with Crippen molar-refractivity contribution in [1.82, 2.24) is 5.01 Å². The number of hydrazone groups is 1. The van der Waals surface area contributed by atoms with Gasteiger partial charge in [-0.15, -0.1) is 0 Å². The first kappa shape index (κ1) is 18.0. The summed E-state index contributed by atoms with van der Waals surface area (Å²) in [6.45, 7) is 2.30. The van der Waals surface area contributed by atoms with E-state index in [4.69, 9.17) is 4.42 Å². The molecule has 1 aromatic heterocycles. The number of hydrogen-bond donors (Lipinski definition) is 0. The van der Waals surface area contributed by atoms with Gasteiger partial charge in [-0.25, -0.2) is 5.01 Å². The van der Waals surface area contributed by atoms with E-state index in [1.54, 1.807) is 11.3 Å². The molecule has 5 heteroatoms. The summed E-state index contributed by atoms with van der Waals surface area (Å²) >= 11 is 0. The molecule has 1 atom stereocenters. The maximum absolute atomic E-state index is 13.1. The van der Waals surface area contributed by atoms with Crippen molar-refractivity contribution in [3.63, 3.8) is 0 Å². The van der Waals surface area contributed by atoms with Gasteiger partial charge in [-0.2, -0.15) is 5.10 Å². The van der Waals surface area contributed by atoms with E-state index in [1.807, 2.05) is 54.4 Å². The van der Waals surface area contributed by atoms with Gasteiger partial charge in [0.1, 0.15) is 11.8 Å². The third-order valence-corrected chi connectivity index (χ3v) is 4.99. The number of anilines is 1. The van der Waals surface area contributed by atoms with Crippen LogP contribution in [0.15, 0.2) is 82.5 Å². The first-order valence-electron chi connectivity index (χ1n) is 9.38. The van der Waals surface area contributed by atoms with Crippen molar-refractivity contribution in [1.29, 1.82) is 0 Å². The van der Waals surface area contributed by atoms with Crippen molar-refractivity contribution in [3.8, 4) is 0 Å². The van der Waals surface area contributed by atoms with Gasteiger partial charge >= 0.3 is 0 Å². The predicted molar refractivity (Wildman–Crippen MR) is 110 cm³/mol. The molecule has 142 valence electrons. The summed E-state index contributed by atoms with van der Waals surface area (Å²) in [5, 5.41) is 6.26. The lowest BCUT2D eigenvalue weighted by atomic mass is 10.0. The normalized spacial score (nSPS) is 16.1. The van der Waals surface area contributed by atoms with Crippen LogP contribution in [0.1, 0.15) is 29.3 Å². The highest BCUT2D eigenvalue weighted by Crippen LogP contribution is 2.33. The summed E-state index contributed by atoms with van der Waals surface area (Å²) in [5.41, 5.74) is 4.13. The number of para-hydroxylation sites is 1. The lowest BCUT2D eigenvalue weighted by molar-refractivity contribution is -0.131. The highest BCUT2D eigenvalue weighted by atomic mass is 16.3. The first-order chi connectivity index (χ1) is 13.6. The van der Waals surface area contributed by atoms with Gasteiger partial charge in [-0.05, 0) is 36.8 Å². The number of benzene rings is 2. The van der Waals surface area contributed by atoms with Crippen LogP contribution in [-0.4, -0.2) is 30.2 Å². The maximum atomic E-state index is 13.1. The summed E-state index contributed by atoms with van der Waals surface area (Å²) in [5.74, 6) is 0.691. The number of aryl methyl sites for hydroxylation is 1. The van der Waals surface area contributed by atoms with Crippen molar-refractivity contribution < 1.29 is 9.21 Å². The molecule has 28 heavy (non-hydrogen) atoms. The molecular weight excluding hydrogens is 350 g/mol. The van der Waals surface area contributed by atoms with Crippen LogP contribution in [0.25, 0.3) is 0 Å². The fourth-order valence-corrected chi connectivity index (χ4v) is 3.41. The molecule has 1 aliphatic heterocycles. The number of furan rings is 1. The summed E-state index contributed by atoms with van der Waals surface area (Å²) in [4.78, 5) is 15.0. The second kappa shape index (κ2) is 7.72. The Morgan fingerprint density at radius 1 is 1.11 bits per heavy atom. The first-order valence-corrected chi connectivity index (χ1v) is 9.38. The fraction of sp³-hybridized carbons (Fsp3) is 0.217. The summed E-state index contributed by atoms with van der Waals surface area (Å²) in [6, 6.07) is 21.6. The number of carbonyl (C=O) groups excluding carboxylic acids is 1. The third-order valence-electron chi connectivity index (χ3n) is 4.99. The van der Waals surface area contributed by atoms with Gasteiger partial charge in [-0.1, -0.05) is 48.0 Å². The molecule has 1 amide bonds. The van der Waals surface area contributed by atoms with Crippen molar-refractivity contribution in [2.75, 3.05) is 18.5 Å². The number of amides is 1. The van der Waals surface area contributed by atoms with Crippen LogP contribution < -0.4 is 4.90 Å². The summed E-state index contributed by atoms with van der Waals surface area (Å²) in [6.07, 6.45) is 2.27. The Balaban J connectivity index is 1.59. The number of rotatable bonds is 5. The molecule has 2 aromatic carbocycles. The zero-order valence-corrected chi connectivity index (χ0v) is 16.1. The molecule has 5 nitrogen and oxygen atoms in total. The molecule has 2 heterocycles. The number of nitrogens with zero attached hydrogens (tertiary/aromatic N) is 3. The van der Waals surface area contributed by atoms with Crippen LogP contribution in [0.2, 0.25) is 0 Å². The monoisotopic (exact) mass is 373 g/mol. The van der Waals surface area contributed by atoms with Gasteiger partial charge in [-0.3, -0.25) is 4.79 Å². The van der Waals surface area contributed by atoms with E-state index in [9.17, 15) is 4.79 Å². The quantitative estimate of drug-likeness (QED) is 0.666. The largest absolute Gasteiger partial charge is 0.467 e. The van der Waals surface area contributed by atoms with E-state index < -0.39 is 0 Å². The van der Waals surface area contributed by atoms with E-state index in [2.05, 4.69) is 36.3 Å². The van der Waals surface area contributed by atoms with Crippen LogP contribution in [0.5, 0.6) is 0 Å². The van der Waals surface area contributed by atoms with Crippen molar-refractivity contribution in [2.45, 2.75) is 19.4 Å². The molecular formula is C23H23N3O2. The molecule has 4 rings (SSSR count). The molecule has 0 aliphatic carbocycles. The molecule has 0 N–H and O–H groups in total. The van der Waals surface area contributed by atoms with E-state index in [-0.39, 0.29) is 18.5 Å². The third kappa shape index (κ3) is 3.69. The van der Waals surface area contributed by atoms with E-state index in [0.717, 1.165) is 22.7 Å². The number of likely N-dealkylation sites (N-methyl/N-ethyl adjacent to an activating group) is 1. The van der Waals surface area contributed by atoms with Crippen LogP contribution in [0, 0.1) is 6.92 Å². The van der Waals surface area contributed by atoms with Gasteiger partial charge in [0.05, 0.1) is 18.5 Å². The van der Waals surface area contributed by atoms with Gasteiger partial charge < -0.3 is 9.32 Å². The lowest BCUT2D eigenvalue weighted by Crippen LogP contribution is -2.36. The standard InChI is InChI=1S/C23H23N3O2/c1-17-10-12-18(13-11-17)20-15-21(22-9-6-14-28-22)26(24-20)23(27)16-25(2)19-7-4-3-5-8-19/h3-14,21H,15-16H2,1-2H3. The minimum Gasteiger partial charge on any atom is -0.467 e.